The SMILES string of the molecule is Cc1nnc(N/N=C\c2cc(C)n(C(C)C)c2C)[nH]c1=O. The highest BCUT2D eigenvalue weighted by atomic mass is 16.1. The Balaban J connectivity index is 2.17. The van der Waals surface area contributed by atoms with E-state index in [4.69, 9.17) is 0 Å². The summed E-state index contributed by atoms with van der Waals surface area (Å²) in [6, 6.07) is 2.48. The molecule has 0 aliphatic heterocycles. The third-order valence-corrected chi connectivity index (χ3v) is 3.27. The van der Waals surface area contributed by atoms with Crippen LogP contribution in [0.3, 0.4) is 0 Å². The molecule has 2 N–H and O–H groups in total. The van der Waals surface area contributed by atoms with Crippen molar-refractivity contribution in [3.63, 3.8) is 0 Å². The Morgan fingerprint density at radius 1 is 1.33 bits per heavy atom. The van der Waals surface area contributed by atoms with Crippen molar-refractivity contribution in [2.24, 2.45) is 5.10 Å². The van der Waals surface area contributed by atoms with Gasteiger partial charge in [-0.05, 0) is 40.7 Å². The molecule has 2 rings (SSSR count). The highest BCUT2D eigenvalue weighted by Gasteiger charge is 2.09. The molecule has 0 aliphatic carbocycles. The van der Waals surface area contributed by atoms with Crippen molar-refractivity contribution < 1.29 is 0 Å². The fourth-order valence-corrected chi connectivity index (χ4v) is 2.33. The van der Waals surface area contributed by atoms with E-state index in [1.807, 2.05) is 0 Å². The van der Waals surface area contributed by atoms with Crippen LogP contribution in [0.15, 0.2) is 16.0 Å². The lowest BCUT2D eigenvalue weighted by Gasteiger charge is -2.13. The molecule has 7 heteroatoms. The van der Waals surface area contributed by atoms with Gasteiger partial charge in [0, 0.05) is 23.0 Å². The average molecular weight is 288 g/mol. The second-order valence-corrected chi connectivity index (χ2v) is 5.25. The molecular weight excluding hydrogens is 268 g/mol. The Bertz CT molecular complexity index is 726. The monoisotopic (exact) mass is 288 g/mol. The minimum Gasteiger partial charge on any atom is -0.346 e. The van der Waals surface area contributed by atoms with E-state index in [0.29, 0.717) is 11.7 Å². The molecule has 0 saturated carbocycles. The number of anilines is 1. The summed E-state index contributed by atoms with van der Waals surface area (Å²) in [6.07, 6.45) is 1.71. The van der Waals surface area contributed by atoms with E-state index in [0.717, 1.165) is 11.3 Å². The van der Waals surface area contributed by atoms with Gasteiger partial charge in [-0.15, -0.1) is 10.2 Å². The van der Waals surface area contributed by atoms with Crippen molar-refractivity contribution in [1.82, 2.24) is 19.7 Å². The van der Waals surface area contributed by atoms with E-state index in [1.165, 1.54) is 5.69 Å². The lowest BCUT2D eigenvalue weighted by molar-refractivity contribution is 0.574. The largest absolute Gasteiger partial charge is 0.346 e. The van der Waals surface area contributed by atoms with Gasteiger partial charge < -0.3 is 4.57 Å². The molecule has 112 valence electrons. The molecule has 0 radical (unpaired) electrons. The summed E-state index contributed by atoms with van der Waals surface area (Å²) in [6.45, 7) is 10.0. The first-order valence-electron chi connectivity index (χ1n) is 6.81. The van der Waals surface area contributed by atoms with E-state index in [-0.39, 0.29) is 11.5 Å². The van der Waals surface area contributed by atoms with Crippen LogP contribution in [0, 0.1) is 20.8 Å². The number of nitrogens with one attached hydrogen (secondary N) is 2. The van der Waals surface area contributed by atoms with Gasteiger partial charge in [-0.25, -0.2) is 5.43 Å². The first-order chi connectivity index (χ1) is 9.90. The van der Waals surface area contributed by atoms with Crippen molar-refractivity contribution in [2.75, 3.05) is 5.43 Å². The number of nitrogens with zero attached hydrogens (tertiary/aromatic N) is 4. The number of H-pyrrole nitrogens is 1. The minimum atomic E-state index is -0.277. The van der Waals surface area contributed by atoms with Gasteiger partial charge in [-0.3, -0.25) is 9.78 Å². The molecule has 0 amide bonds. The Kier molecular flexibility index (Phi) is 4.21. The van der Waals surface area contributed by atoms with E-state index in [2.05, 4.69) is 64.0 Å². The van der Waals surface area contributed by atoms with Gasteiger partial charge in [0.25, 0.3) is 5.56 Å². The van der Waals surface area contributed by atoms with Crippen LogP contribution in [0.25, 0.3) is 0 Å². The molecule has 0 saturated heterocycles. The Morgan fingerprint density at radius 3 is 2.62 bits per heavy atom. The summed E-state index contributed by atoms with van der Waals surface area (Å²) in [5.41, 5.74) is 6.09. The van der Waals surface area contributed by atoms with Crippen LogP contribution >= 0.6 is 0 Å². The van der Waals surface area contributed by atoms with Crippen LogP contribution in [0.1, 0.15) is 42.5 Å². The molecule has 0 fully saturated rings. The Labute approximate surface area is 123 Å². The summed E-state index contributed by atoms with van der Waals surface area (Å²) in [5, 5.41) is 11.6. The molecule has 2 aromatic rings. The van der Waals surface area contributed by atoms with Crippen molar-refractivity contribution in [2.45, 2.75) is 40.7 Å². The van der Waals surface area contributed by atoms with Gasteiger partial charge >= 0.3 is 0 Å². The van der Waals surface area contributed by atoms with Crippen LogP contribution in [-0.4, -0.2) is 26.0 Å². The summed E-state index contributed by atoms with van der Waals surface area (Å²) in [5.74, 6) is 0.222. The van der Waals surface area contributed by atoms with Crippen molar-refractivity contribution in [3.05, 3.63) is 39.1 Å². The smallest absolute Gasteiger partial charge is 0.274 e. The number of aromatic nitrogens is 4. The zero-order chi connectivity index (χ0) is 15.6. The highest BCUT2D eigenvalue weighted by Crippen LogP contribution is 2.18. The molecule has 0 bridgehead atoms. The summed E-state index contributed by atoms with van der Waals surface area (Å²) in [7, 11) is 0. The van der Waals surface area contributed by atoms with Crippen LogP contribution < -0.4 is 11.0 Å². The molecule has 0 unspecified atom stereocenters. The minimum absolute atomic E-state index is 0.222. The lowest BCUT2D eigenvalue weighted by Crippen LogP contribution is -2.15. The van der Waals surface area contributed by atoms with E-state index >= 15 is 0 Å². The highest BCUT2D eigenvalue weighted by molar-refractivity contribution is 5.82. The molecular formula is C14H20N6O. The third-order valence-electron chi connectivity index (χ3n) is 3.27. The van der Waals surface area contributed by atoms with Crippen LogP contribution in [-0.2, 0) is 0 Å². The molecule has 0 atom stereocenters. The fourth-order valence-electron chi connectivity index (χ4n) is 2.33. The number of rotatable bonds is 4. The summed E-state index contributed by atoms with van der Waals surface area (Å²) < 4.78 is 2.24. The predicted molar refractivity (Wildman–Crippen MR) is 82.9 cm³/mol. The fraction of sp³-hybridized carbons (Fsp3) is 0.429. The van der Waals surface area contributed by atoms with Crippen molar-refractivity contribution in [3.8, 4) is 0 Å². The first-order valence-corrected chi connectivity index (χ1v) is 6.81. The van der Waals surface area contributed by atoms with Gasteiger partial charge in [-0.1, -0.05) is 0 Å². The number of aromatic amines is 1. The number of hydrazone groups is 1. The van der Waals surface area contributed by atoms with Gasteiger partial charge in [0.05, 0.1) is 6.21 Å². The second kappa shape index (κ2) is 5.90. The average Bonchev–Trinajstić information content (AvgIpc) is 2.69. The molecule has 0 aromatic carbocycles. The van der Waals surface area contributed by atoms with E-state index in [1.54, 1.807) is 13.1 Å². The molecule has 21 heavy (non-hydrogen) atoms. The first kappa shape index (κ1) is 15.0. The zero-order valence-corrected chi connectivity index (χ0v) is 12.9. The van der Waals surface area contributed by atoms with E-state index < -0.39 is 0 Å². The number of hydrogen-bond donors (Lipinski definition) is 2. The van der Waals surface area contributed by atoms with Gasteiger partial charge in [0.1, 0.15) is 5.69 Å². The summed E-state index contributed by atoms with van der Waals surface area (Å²) in [4.78, 5) is 13.9. The molecule has 2 heterocycles. The standard InChI is InChI=1S/C14H20N6O/c1-8(2)20-9(3)6-12(11(20)5)7-15-18-14-16-13(21)10(4)17-19-14/h6-8H,1-5H3,(H2,16,18,19,21)/b15-7-. The predicted octanol–water partition coefficient (Wildman–Crippen LogP) is 1.92. The number of aryl methyl sites for hydroxylation is 2. The maximum Gasteiger partial charge on any atom is 0.274 e. The maximum atomic E-state index is 11.4. The van der Waals surface area contributed by atoms with Crippen molar-refractivity contribution >= 4 is 12.2 Å². The van der Waals surface area contributed by atoms with Crippen molar-refractivity contribution in [1.29, 1.82) is 0 Å². The van der Waals surface area contributed by atoms with Gasteiger partial charge in [0.2, 0.25) is 5.95 Å². The second-order valence-electron chi connectivity index (χ2n) is 5.25. The molecule has 2 aromatic heterocycles. The molecule has 7 nitrogen and oxygen atoms in total. The van der Waals surface area contributed by atoms with E-state index in [9.17, 15) is 4.79 Å². The third kappa shape index (κ3) is 3.18. The van der Waals surface area contributed by atoms with Crippen LogP contribution in [0.4, 0.5) is 5.95 Å². The summed E-state index contributed by atoms with van der Waals surface area (Å²) >= 11 is 0. The molecule has 0 spiro atoms. The Hall–Kier alpha value is -2.44. The Morgan fingerprint density at radius 2 is 2.05 bits per heavy atom. The maximum absolute atomic E-state index is 11.4. The zero-order valence-electron chi connectivity index (χ0n) is 12.9. The molecule has 0 aliphatic rings. The lowest BCUT2D eigenvalue weighted by atomic mass is 10.2. The van der Waals surface area contributed by atoms with Gasteiger partial charge in [0.15, 0.2) is 0 Å². The topological polar surface area (TPSA) is 88.0 Å². The van der Waals surface area contributed by atoms with Crippen LogP contribution in [0.5, 0.6) is 0 Å². The number of hydrogen-bond acceptors (Lipinski definition) is 5. The van der Waals surface area contributed by atoms with Gasteiger partial charge in [-0.2, -0.15) is 5.10 Å². The van der Waals surface area contributed by atoms with Crippen LogP contribution in [0.2, 0.25) is 0 Å². The quantitative estimate of drug-likeness (QED) is 0.664. The normalized spacial score (nSPS) is 11.5.